The first kappa shape index (κ1) is 46.5. The Morgan fingerprint density at radius 3 is 2.38 bits per heavy atom. The summed E-state index contributed by atoms with van der Waals surface area (Å²) < 4.78 is 43.3. The van der Waals surface area contributed by atoms with Crippen LogP contribution in [0.15, 0.2) is 66.9 Å². The van der Waals surface area contributed by atoms with Crippen LogP contribution >= 0.6 is 11.6 Å². The van der Waals surface area contributed by atoms with Gasteiger partial charge in [-0.1, -0.05) is 29.8 Å². The SMILES string of the molecule is COc1cc(N2CCC(N3CCN(CCOCCOc4cccc5c4C(=O)N(C4CCC(=O)NC4=O)C5=O)CC3)CC2)ccc1Nc1ncc(Cl)c(Nc2ccccc2N(C)S(C)(=O)=O)n1. The van der Waals surface area contributed by atoms with Crippen LogP contribution in [0.25, 0.3) is 0 Å². The van der Waals surface area contributed by atoms with E-state index in [1.54, 1.807) is 43.5 Å². The Kier molecular flexibility index (Phi) is 14.2. The molecule has 3 aromatic carbocycles. The summed E-state index contributed by atoms with van der Waals surface area (Å²) in [6.07, 6.45) is 4.84. The lowest BCUT2D eigenvalue weighted by Crippen LogP contribution is -2.54. The molecule has 350 valence electrons. The molecule has 4 aliphatic rings. The number of nitrogens with zero attached hydrogens (tertiary/aromatic N) is 7. The van der Waals surface area contributed by atoms with Crippen molar-refractivity contribution in [3.8, 4) is 11.5 Å². The van der Waals surface area contributed by atoms with Gasteiger partial charge in [0.25, 0.3) is 11.8 Å². The first-order chi connectivity index (χ1) is 31.8. The van der Waals surface area contributed by atoms with Crippen LogP contribution in [0.3, 0.4) is 0 Å². The van der Waals surface area contributed by atoms with Gasteiger partial charge in [0.2, 0.25) is 27.8 Å². The van der Waals surface area contributed by atoms with E-state index < -0.39 is 39.7 Å². The Morgan fingerprint density at radius 2 is 1.64 bits per heavy atom. The molecule has 0 radical (unpaired) electrons. The van der Waals surface area contributed by atoms with Crippen LogP contribution in [-0.2, 0) is 24.3 Å². The van der Waals surface area contributed by atoms with E-state index in [0.717, 1.165) is 75.5 Å². The fourth-order valence-electron chi connectivity index (χ4n) is 8.73. The van der Waals surface area contributed by atoms with Crippen molar-refractivity contribution >= 4 is 79.8 Å². The fraction of sp³-hybridized carbons (Fsp3) is 0.422. The van der Waals surface area contributed by atoms with E-state index in [4.69, 9.17) is 25.8 Å². The zero-order chi connectivity index (χ0) is 46.5. The lowest BCUT2D eigenvalue weighted by atomic mass is 10.0. The Bertz CT molecular complexity index is 2590. The van der Waals surface area contributed by atoms with E-state index in [0.29, 0.717) is 47.9 Å². The standard InChI is InChI=1S/C45H53ClN10O9S/c1-52(66(3,61)62)35-9-5-4-8-33(35)48-41-32(46)28-47-45(51-41)49-34-12-11-30(27-38(34)63-2)54-17-15-29(16-18-54)55-21-19-53(20-22-55)23-24-64-25-26-65-37-10-6-7-31-40(37)44(60)56(43(31)59)36-13-14-39(57)50-42(36)58/h4-12,27-29,36H,13-26H2,1-3H3,(H,50,57,58)(H2,47,48,49,51). The van der Waals surface area contributed by atoms with Crippen LogP contribution in [-0.4, -0.2) is 155 Å². The minimum atomic E-state index is -3.51. The molecule has 0 spiro atoms. The van der Waals surface area contributed by atoms with Gasteiger partial charge in [-0.05, 0) is 55.7 Å². The maximum Gasteiger partial charge on any atom is 0.266 e. The molecule has 4 amide bonds. The van der Waals surface area contributed by atoms with Gasteiger partial charge in [-0.25, -0.2) is 13.4 Å². The number of piperazine rings is 1. The summed E-state index contributed by atoms with van der Waals surface area (Å²) in [4.78, 5) is 67.7. The van der Waals surface area contributed by atoms with Gasteiger partial charge >= 0.3 is 0 Å². The summed E-state index contributed by atoms with van der Waals surface area (Å²) >= 11 is 6.47. The maximum atomic E-state index is 13.3. The number of carbonyl (C=O) groups is 4. The number of para-hydroxylation sites is 2. The topological polar surface area (TPSA) is 208 Å². The number of imide groups is 2. The summed E-state index contributed by atoms with van der Waals surface area (Å²) in [5.74, 6) is -0.793. The summed E-state index contributed by atoms with van der Waals surface area (Å²) in [6, 6.07) is 17.2. The molecule has 8 rings (SSSR count). The van der Waals surface area contributed by atoms with Gasteiger partial charge in [0, 0.05) is 77.1 Å². The van der Waals surface area contributed by atoms with Gasteiger partial charge in [0.15, 0.2) is 5.82 Å². The molecule has 19 nitrogen and oxygen atoms in total. The van der Waals surface area contributed by atoms with E-state index >= 15 is 0 Å². The Labute approximate surface area is 388 Å². The van der Waals surface area contributed by atoms with E-state index in [1.807, 2.05) is 12.1 Å². The number of carbonyl (C=O) groups excluding carboxylic acids is 4. The van der Waals surface area contributed by atoms with E-state index in [9.17, 15) is 27.6 Å². The average Bonchev–Trinajstić information content (AvgIpc) is 3.57. The first-order valence-corrected chi connectivity index (χ1v) is 24.1. The van der Waals surface area contributed by atoms with Gasteiger partial charge in [0.1, 0.15) is 29.2 Å². The van der Waals surface area contributed by atoms with Crippen molar-refractivity contribution in [1.29, 1.82) is 0 Å². The zero-order valence-corrected chi connectivity index (χ0v) is 38.6. The van der Waals surface area contributed by atoms with Crippen LogP contribution in [0.2, 0.25) is 5.02 Å². The van der Waals surface area contributed by atoms with E-state index in [2.05, 4.69) is 46.7 Å². The molecule has 5 heterocycles. The van der Waals surface area contributed by atoms with Crippen LogP contribution in [0.4, 0.5) is 34.5 Å². The van der Waals surface area contributed by atoms with E-state index in [1.165, 1.54) is 23.6 Å². The predicted molar refractivity (Wildman–Crippen MR) is 249 cm³/mol. The number of piperidine rings is 2. The number of sulfonamides is 1. The molecule has 1 unspecified atom stereocenters. The Hall–Kier alpha value is -6.06. The molecule has 3 saturated heterocycles. The third-order valence-corrected chi connectivity index (χ3v) is 13.9. The number of methoxy groups -OCH3 is 1. The third-order valence-electron chi connectivity index (χ3n) is 12.4. The largest absolute Gasteiger partial charge is 0.494 e. The van der Waals surface area contributed by atoms with Gasteiger partial charge in [-0.3, -0.25) is 43.5 Å². The highest BCUT2D eigenvalue weighted by Crippen LogP contribution is 2.36. The van der Waals surface area contributed by atoms with Crippen molar-refractivity contribution < 1.29 is 41.8 Å². The van der Waals surface area contributed by atoms with Crippen LogP contribution in [0.1, 0.15) is 46.4 Å². The number of fused-ring (bicyclic) bond motifs is 1. The van der Waals surface area contributed by atoms with Crippen molar-refractivity contribution in [1.82, 2.24) is 30.0 Å². The minimum absolute atomic E-state index is 0.0530. The summed E-state index contributed by atoms with van der Waals surface area (Å²) in [7, 11) is -0.410. The van der Waals surface area contributed by atoms with Gasteiger partial charge in [-0.2, -0.15) is 4.98 Å². The quantitative estimate of drug-likeness (QED) is 0.101. The molecular formula is C45H53ClN10O9S. The van der Waals surface area contributed by atoms with Crippen molar-refractivity contribution in [2.75, 3.05) is 106 Å². The lowest BCUT2D eigenvalue weighted by molar-refractivity contribution is -0.136. The fourth-order valence-corrected chi connectivity index (χ4v) is 9.38. The highest BCUT2D eigenvalue weighted by molar-refractivity contribution is 7.92. The van der Waals surface area contributed by atoms with Crippen molar-refractivity contribution in [3.63, 3.8) is 0 Å². The van der Waals surface area contributed by atoms with Crippen molar-refractivity contribution in [3.05, 3.63) is 83.0 Å². The third kappa shape index (κ3) is 10.3. The second-order valence-corrected chi connectivity index (χ2v) is 18.9. The molecule has 0 saturated carbocycles. The summed E-state index contributed by atoms with van der Waals surface area (Å²) in [6.45, 7) is 7.49. The number of halogens is 1. The number of hydrogen-bond donors (Lipinski definition) is 3. The monoisotopic (exact) mass is 944 g/mol. The number of amides is 4. The van der Waals surface area contributed by atoms with Crippen molar-refractivity contribution in [2.45, 2.75) is 37.8 Å². The molecule has 3 N–H and O–H groups in total. The molecule has 21 heteroatoms. The number of ether oxygens (including phenoxy) is 3. The average molecular weight is 945 g/mol. The normalized spacial score (nSPS) is 18.6. The minimum Gasteiger partial charge on any atom is -0.494 e. The number of benzene rings is 3. The van der Waals surface area contributed by atoms with Gasteiger partial charge < -0.3 is 29.7 Å². The van der Waals surface area contributed by atoms with Gasteiger partial charge in [-0.15, -0.1) is 0 Å². The molecule has 1 aromatic heterocycles. The zero-order valence-electron chi connectivity index (χ0n) is 37.0. The number of aromatic nitrogens is 2. The van der Waals surface area contributed by atoms with Crippen LogP contribution in [0.5, 0.6) is 11.5 Å². The van der Waals surface area contributed by atoms with E-state index in [-0.39, 0.29) is 47.3 Å². The second-order valence-electron chi connectivity index (χ2n) is 16.5. The smallest absolute Gasteiger partial charge is 0.266 e. The lowest BCUT2D eigenvalue weighted by Gasteiger charge is -2.43. The predicted octanol–water partition coefficient (Wildman–Crippen LogP) is 4.10. The molecule has 4 aromatic rings. The highest BCUT2D eigenvalue weighted by atomic mass is 35.5. The van der Waals surface area contributed by atoms with Crippen LogP contribution in [0, 0.1) is 0 Å². The number of hydrogen-bond acceptors (Lipinski definition) is 16. The molecule has 1 atom stereocenters. The molecule has 3 fully saturated rings. The van der Waals surface area contributed by atoms with Gasteiger partial charge in [0.05, 0.1) is 61.0 Å². The Balaban J connectivity index is 0.757. The first-order valence-electron chi connectivity index (χ1n) is 21.8. The second kappa shape index (κ2) is 20.2. The summed E-state index contributed by atoms with van der Waals surface area (Å²) in [5, 5.41) is 8.86. The number of anilines is 6. The maximum absolute atomic E-state index is 13.3. The molecule has 0 aliphatic carbocycles. The number of rotatable bonds is 17. The number of nitrogens with one attached hydrogen (secondary N) is 3. The highest BCUT2D eigenvalue weighted by Gasteiger charge is 2.46. The molecule has 66 heavy (non-hydrogen) atoms. The summed E-state index contributed by atoms with van der Waals surface area (Å²) in [5.41, 5.74) is 2.98. The van der Waals surface area contributed by atoms with Crippen LogP contribution < -0.4 is 34.6 Å². The molecule has 0 bridgehead atoms. The Morgan fingerprint density at radius 1 is 0.864 bits per heavy atom. The van der Waals surface area contributed by atoms with Crippen molar-refractivity contribution in [2.24, 2.45) is 0 Å². The molecular weight excluding hydrogens is 892 g/mol. The molecule has 4 aliphatic heterocycles.